The number of hydrogen-bond donors (Lipinski definition) is 0. The molecular formula is C15H25N3O5S. The quantitative estimate of drug-likeness (QED) is 0.634. The summed E-state index contributed by atoms with van der Waals surface area (Å²) in [6.07, 6.45) is 2.73. The van der Waals surface area contributed by atoms with E-state index in [0.29, 0.717) is 43.8 Å². The predicted molar refractivity (Wildman–Crippen MR) is 86.1 cm³/mol. The normalized spacial score (nSPS) is 21.0. The second-order valence-corrected chi connectivity index (χ2v) is 8.60. The van der Waals surface area contributed by atoms with Gasteiger partial charge in [0.25, 0.3) is 0 Å². The molecule has 9 heteroatoms. The highest BCUT2D eigenvalue weighted by Gasteiger charge is 2.38. The van der Waals surface area contributed by atoms with Gasteiger partial charge in [-0.05, 0) is 25.7 Å². The summed E-state index contributed by atoms with van der Waals surface area (Å²) in [6, 6.07) is 0. The van der Waals surface area contributed by atoms with Crippen molar-refractivity contribution >= 4 is 10.0 Å². The summed E-state index contributed by atoms with van der Waals surface area (Å²) in [4.78, 5) is 4.36. The Labute approximate surface area is 142 Å². The fraction of sp³-hybridized carbons (Fsp3) is 0.867. The third-order valence-corrected chi connectivity index (χ3v) is 6.42. The molecule has 0 N–H and O–H groups in total. The molecule has 1 aromatic heterocycles. The van der Waals surface area contributed by atoms with Crippen molar-refractivity contribution in [2.24, 2.45) is 5.92 Å². The van der Waals surface area contributed by atoms with E-state index in [1.54, 1.807) is 6.92 Å². The smallest absolute Gasteiger partial charge is 0.232 e. The van der Waals surface area contributed by atoms with Crippen molar-refractivity contribution in [2.45, 2.75) is 32.1 Å². The Morgan fingerprint density at radius 3 is 2.75 bits per heavy atom. The maximum atomic E-state index is 11.7. The Bertz CT molecular complexity index is 621. The molecule has 0 aliphatic carbocycles. The Kier molecular flexibility index (Phi) is 5.85. The van der Waals surface area contributed by atoms with E-state index in [2.05, 4.69) is 10.1 Å². The van der Waals surface area contributed by atoms with Gasteiger partial charge in [-0.2, -0.15) is 4.98 Å². The standard InChI is InChI=1S/C15H25N3O5S/c1-2-24(19,20)18-9-13(10-18)15-16-14(17-23-15)5-8-22-11-12-3-6-21-7-4-12/h12-13H,2-11H2,1H3. The van der Waals surface area contributed by atoms with Crippen molar-refractivity contribution in [3.8, 4) is 0 Å². The summed E-state index contributed by atoms with van der Waals surface area (Å²) in [5.74, 6) is 1.86. The van der Waals surface area contributed by atoms with Gasteiger partial charge in [-0.3, -0.25) is 0 Å². The number of ether oxygens (including phenoxy) is 2. The van der Waals surface area contributed by atoms with Gasteiger partial charge in [0.15, 0.2) is 5.82 Å². The van der Waals surface area contributed by atoms with Crippen molar-refractivity contribution in [3.05, 3.63) is 11.7 Å². The van der Waals surface area contributed by atoms with Gasteiger partial charge in [0.05, 0.1) is 18.3 Å². The molecule has 0 unspecified atom stereocenters. The van der Waals surface area contributed by atoms with Gasteiger partial charge < -0.3 is 14.0 Å². The van der Waals surface area contributed by atoms with Crippen molar-refractivity contribution in [1.82, 2.24) is 14.4 Å². The van der Waals surface area contributed by atoms with E-state index in [1.165, 1.54) is 4.31 Å². The summed E-state index contributed by atoms with van der Waals surface area (Å²) in [5.41, 5.74) is 0. The van der Waals surface area contributed by atoms with E-state index < -0.39 is 10.0 Å². The van der Waals surface area contributed by atoms with E-state index >= 15 is 0 Å². The minimum atomic E-state index is -3.11. The molecule has 0 spiro atoms. The number of sulfonamides is 1. The van der Waals surface area contributed by atoms with Crippen LogP contribution in [0.4, 0.5) is 0 Å². The lowest BCUT2D eigenvalue weighted by molar-refractivity contribution is 0.0211. The molecule has 2 aliphatic rings. The number of hydrogen-bond acceptors (Lipinski definition) is 7. The van der Waals surface area contributed by atoms with Gasteiger partial charge in [0.1, 0.15) is 0 Å². The summed E-state index contributed by atoms with van der Waals surface area (Å²) >= 11 is 0. The maximum Gasteiger partial charge on any atom is 0.232 e. The van der Waals surface area contributed by atoms with Crippen LogP contribution in [0.1, 0.15) is 37.4 Å². The Morgan fingerprint density at radius 1 is 1.29 bits per heavy atom. The zero-order valence-corrected chi connectivity index (χ0v) is 14.8. The van der Waals surface area contributed by atoms with Gasteiger partial charge in [0, 0.05) is 39.3 Å². The van der Waals surface area contributed by atoms with E-state index in [-0.39, 0.29) is 11.7 Å². The highest BCUT2D eigenvalue weighted by Crippen LogP contribution is 2.28. The summed E-state index contributed by atoms with van der Waals surface area (Å²) in [6.45, 7) is 5.48. The van der Waals surface area contributed by atoms with E-state index in [1.807, 2.05) is 0 Å². The average Bonchev–Trinajstić information content (AvgIpc) is 2.99. The Morgan fingerprint density at radius 2 is 2.04 bits per heavy atom. The van der Waals surface area contributed by atoms with Crippen LogP contribution in [-0.4, -0.2) is 68.1 Å². The molecule has 3 rings (SSSR count). The summed E-state index contributed by atoms with van der Waals surface area (Å²) in [7, 11) is -3.11. The monoisotopic (exact) mass is 359 g/mol. The third-order valence-electron chi connectivity index (χ3n) is 4.60. The maximum absolute atomic E-state index is 11.7. The van der Waals surface area contributed by atoms with Crippen LogP contribution in [0, 0.1) is 5.92 Å². The van der Waals surface area contributed by atoms with E-state index in [9.17, 15) is 8.42 Å². The highest BCUT2D eigenvalue weighted by molar-refractivity contribution is 7.89. The second-order valence-electron chi connectivity index (χ2n) is 6.34. The van der Waals surface area contributed by atoms with E-state index in [4.69, 9.17) is 14.0 Å². The van der Waals surface area contributed by atoms with Crippen LogP contribution in [-0.2, 0) is 25.9 Å². The molecule has 0 saturated carbocycles. The molecule has 8 nitrogen and oxygen atoms in total. The Hall–Kier alpha value is -1.03. The topological polar surface area (TPSA) is 94.8 Å². The lowest BCUT2D eigenvalue weighted by Gasteiger charge is -2.35. The van der Waals surface area contributed by atoms with Crippen molar-refractivity contribution in [3.63, 3.8) is 0 Å². The molecule has 0 bridgehead atoms. The van der Waals surface area contributed by atoms with Crippen LogP contribution in [0.3, 0.4) is 0 Å². The van der Waals surface area contributed by atoms with Crippen LogP contribution in [0.25, 0.3) is 0 Å². The van der Waals surface area contributed by atoms with Crippen LogP contribution in [0.5, 0.6) is 0 Å². The predicted octanol–water partition coefficient (Wildman–Crippen LogP) is 0.804. The molecule has 1 aromatic rings. The molecule has 0 atom stereocenters. The molecule has 136 valence electrons. The number of nitrogens with zero attached hydrogens (tertiary/aromatic N) is 3. The highest BCUT2D eigenvalue weighted by atomic mass is 32.2. The minimum Gasteiger partial charge on any atom is -0.381 e. The van der Waals surface area contributed by atoms with Crippen LogP contribution < -0.4 is 0 Å². The molecule has 2 aliphatic heterocycles. The average molecular weight is 359 g/mol. The van der Waals surface area contributed by atoms with Gasteiger partial charge in [-0.25, -0.2) is 12.7 Å². The fourth-order valence-electron chi connectivity index (χ4n) is 2.87. The van der Waals surface area contributed by atoms with Crippen LogP contribution in [0.2, 0.25) is 0 Å². The zero-order chi connectivity index (χ0) is 17.0. The largest absolute Gasteiger partial charge is 0.381 e. The van der Waals surface area contributed by atoms with Crippen LogP contribution in [0.15, 0.2) is 4.52 Å². The molecule has 2 saturated heterocycles. The summed E-state index contributed by atoms with van der Waals surface area (Å²) < 4.78 is 41.1. The second kappa shape index (κ2) is 7.90. The van der Waals surface area contributed by atoms with Crippen molar-refractivity contribution in [1.29, 1.82) is 0 Å². The van der Waals surface area contributed by atoms with Gasteiger partial charge in [-0.15, -0.1) is 0 Å². The minimum absolute atomic E-state index is 0.00994. The number of aromatic nitrogens is 2. The van der Waals surface area contributed by atoms with Gasteiger partial charge in [-0.1, -0.05) is 5.16 Å². The van der Waals surface area contributed by atoms with Gasteiger partial charge >= 0.3 is 0 Å². The third kappa shape index (κ3) is 4.33. The first-order chi connectivity index (χ1) is 11.6. The zero-order valence-electron chi connectivity index (χ0n) is 14.0. The van der Waals surface area contributed by atoms with E-state index in [0.717, 1.165) is 32.7 Å². The molecule has 2 fully saturated rings. The Balaban J connectivity index is 1.37. The first kappa shape index (κ1) is 17.8. The first-order valence-electron chi connectivity index (χ1n) is 8.54. The molecule has 3 heterocycles. The first-order valence-corrected chi connectivity index (χ1v) is 10.1. The summed E-state index contributed by atoms with van der Waals surface area (Å²) in [5, 5.41) is 3.96. The number of rotatable bonds is 8. The van der Waals surface area contributed by atoms with Crippen LogP contribution >= 0.6 is 0 Å². The fourth-order valence-corrected chi connectivity index (χ4v) is 4.04. The molecular weight excluding hydrogens is 334 g/mol. The molecule has 24 heavy (non-hydrogen) atoms. The molecule has 0 aromatic carbocycles. The molecule has 0 amide bonds. The SMILES string of the molecule is CCS(=O)(=O)N1CC(c2nc(CCOCC3CCOCC3)no2)C1. The van der Waals surface area contributed by atoms with Crippen molar-refractivity contribution < 1.29 is 22.4 Å². The lowest BCUT2D eigenvalue weighted by atomic mass is 10.0. The lowest BCUT2D eigenvalue weighted by Crippen LogP contribution is -2.49. The molecule has 0 radical (unpaired) electrons. The van der Waals surface area contributed by atoms with Crippen molar-refractivity contribution in [2.75, 3.05) is 45.3 Å². The van der Waals surface area contributed by atoms with Gasteiger partial charge in [0.2, 0.25) is 15.9 Å².